The number of hydrogen-bond donors (Lipinski definition) is 0. The van der Waals surface area contributed by atoms with Crippen LogP contribution in [0.1, 0.15) is 5.76 Å². The van der Waals surface area contributed by atoms with Crippen molar-refractivity contribution in [2.24, 2.45) is 0 Å². The fourth-order valence-electron chi connectivity index (χ4n) is 2.48. The van der Waals surface area contributed by atoms with Gasteiger partial charge in [0, 0.05) is 11.6 Å². The smallest absolute Gasteiger partial charge is 0.497 e. The normalized spacial score (nSPS) is 10.7. The molecule has 28 heavy (non-hydrogen) atoms. The molecule has 0 fully saturated rings. The number of rotatable bonds is 4. The van der Waals surface area contributed by atoms with Gasteiger partial charge in [-0.05, 0) is 42.0 Å². The molecule has 0 bridgehead atoms. The third-order valence-electron chi connectivity index (χ3n) is 3.71. The zero-order chi connectivity index (χ0) is 20.7. The molecule has 0 radical (unpaired) electrons. The second kappa shape index (κ2) is 9.26. The Morgan fingerprint density at radius 3 is 1.54 bits per heavy atom. The summed E-state index contributed by atoms with van der Waals surface area (Å²) in [6.07, 6.45) is 0. The van der Waals surface area contributed by atoms with Gasteiger partial charge in [-0.2, -0.15) is 0 Å². The van der Waals surface area contributed by atoms with Crippen LogP contribution in [0.15, 0.2) is 65.1 Å². The molecule has 0 atom stereocenters. The van der Waals surface area contributed by atoms with Crippen LogP contribution in [0.2, 0.25) is 0 Å². The predicted octanol–water partition coefficient (Wildman–Crippen LogP) is 6.52. The van der Waals surface area contributed by atoms with Gasteiger partial charge in [-0.1, -0.05) is 12.1 Å². The summed E-state index contributed by atoms with van der Waals surface area (Å²) in [6.45, 7) is 1.96. The van der Waals surface area contributed by atoms with Gasteiger partial charge in [0.15, 0.2) is 0 Å². The maximum absolute atomic E-state index is 9.75. The van der Waals surface area contributed by atoms with Crippen LogP contribution >= 0.6 is 0 Å². The molecule has 3 aromatic rings. The fourth-order valence-corrected chi connectivity index (χ4v) is 2.48. The minimum Gasteiger partial charge on any atom is -0.497 e. The zero-order valence-electron chi connectivity index (χ0n) is 15.6. The van der Waals surface area contributed by atoms with Crippen molar-refractivity contribution in [2.45, 2.75) is 6.92 Å². The standard InChI is InChI=1S/C20H19O3.BF4/c1-14-12-17(15-4-8-18(21-2)9-5-15)13-20(23-14)16-6-10-19(22-3)11-7-16;2-1(3,4)5/h4-13H,1-3H3;/q+1;-1. The summed E-state index contributed by atoms with van der Waals surface area (Å²) in [5.41, 5.74) is 3.26. The van der Waals surface area contributed by atoms with Crippen molar-refractivity contribution in [3.8, 4) is 33.9 Å². The van der Waals surface area contributed by atoms with Crippen molar-refractivity contribution < 1.29 is 31.2 Å². The molecule has 0 amide bonds. The first-order valence-corrected chi connectivity index (χ1v) is 8.30. The van der Waals surface area contributed by atoms with Gasteiger partial charge in [0.05, 0.1) is 32.8 Å². The molecule has 0 saturated heterocycles. The maximum Gasteiger partial charge on any atom is 0.673 e. The average Bonchev–Trinajstić information content (AvgIpc) is 2.66. The quantitative estimate of drug-likeness (QED) is 0.287. The largest absolute Gasteiger partial charge is 0.673 e. The highest BCUT2D eigenvalue weighted by Crippen LogP contribution is 2.30. The molecule has 0 aliphatic rings. The molecule has 1 aromatic heterocycles. The van der Waals surface area contributed by atoms with E-state index >= 15 is 0 Å². The van der Waals surface area contributed by atoms with Gasteiger partial charge in [0.25, 0.3) is 0 Å². The topological polar surface area (TPSA) is 29.8 Å². The fraction of sp³-hybridized carbons (Fsp3) is 0.150. The summed E-state index contributed by atoms with van der Waals surface area (Å²) in [6, 6.07) is 20.0. The predicted molar refractivity (Wildman–Crippen MR) is 102 cm³/mol. The van der Waals surface area contributed by atoms with Crippen LogP contribution in [0.25, 0.3) is 22.5 Å². The summed E-state index contributed by atoms with van der Waals surface area (Å²) in [4.78, 5) is 0. The van der Waals surface area contributed by atoms with Crippen molar-refractivity contribution in [3.05, 3.63) is 66.4 Å². The van der Waals surface area contributed by atoms with E-state index in [0.717, 1.165) is 39.7 Å². The minimum absolute atomic E-state index is 0.830. The molecule has 0 saturated carbocycles. The molecule has 0 unspecified atom stereocenters. The Hall–Kier alpha value is -3.03. The molecule has 3 nitrogen and oxygen atoms in total. The van der Waals surface area contributed by atoms with Gasteiger partial charge < -0.3 is 26.7 Å². The Bertz CT molecular complexity index is 823. The lowest BCUT2D eigenvalue weighted by molar-refractivity contribution is 0.368. The third kappa shape index (κ3) is 6.61. The first-order valence-electron chi connectivity index (χ1n) is 8.30. The van der Waals surface area contributed by atoms with Crippen molar-refractivity contribution in [1.82, 2.24) is 0 Å². The van der Waals surface area contributed by atoms with E-state index in [9.17, 15) is 17.3 Å². The van der Waals surface area contributed by atoms with E-state index in [0.29, 0.717) is 0 Å². The molecular formula is C20H19BF4O3. The Morgan fingerprint density at radius 1 is 0.679 bits per heavy atom. The van der Waals surface area contributed by atoms with Gasteiger partial charge >= 0.3 is 18.8 Å². The highest BCUT2D eigenvalue weighted by Gasteiger charge is 2.20. The highest BCUT2D eigenvalue weighted by atomic mass is 19.5. The maximum atomic E-state index is 9.75. The molecule has 148 valence electrons. The number of ether oxygens (including phenoxy) is 2. The molecule has 0 aliphatic heterocycles. The number of benzene rings is 2. The van der Waals surface area contributed by atoms with E-state index in [1.807, 2.05) is 61.5 Å². The molecule has 0 aliphatic carbocycles. The van der Waals surface area contributed by atoms with E-state index in [-0.39, 0.29) is 0 Å². The Balaban J connectivity index is 0.000000500. The van der Waals surface area contributed by atoms with Crippen LogP contribution < -0.4 is 9.47 Å². The van der Waals surface area contributed by atoms with E-state index < -0.39 is 7.25 Å². The Kier molecular flexibility index (Phi) is 7.03. The summed E-state index contributed by atoms with van der Waals surface area (Å²) >= 11 is 0. The monoisotopic (exact) mass is 394 g/mol. The molecule has 2 aromatic carbocycles. The lowest BCUT2D eigenvalue weighted by atomic mass is 10.0. The molecule has 1 heterocycles. The first kappa shape index (κ1) is 21.3. The number of methoxy groups -OCH3 is 2. The highest BCUT2D eigenvalue weighted by molar-refractivity contribution is 6.50. The summed E-state index contributed by atoms with van der Waals surface area (Å²) in [5.74, 6) is 3.38. The summed E-state index contributed by atoms with van der Waals surface area (Å²) < 4.78 is 55.3. The van der Waals surface area contributed by atoms with Crippen LogP contribution in [-0.4, -0.2) is 21.5 Å². The minimum atomic E-state index is -6.00. The second-order valence-corrected chi connectivity index (χ2v) is 5.77. The summed E-state index contributed by atoms with van der Waals surface area (Å²) in [7, 11) is -2.67. The molecule has 8 heteroatoms. The van der Waals surface area contributed by atoms with Crippen LogP contribution in [0.5, 0.6) is 11.5 Å². The lowest BCUT2D eigenvalue weighted by Crippen LogP contribution is -2.02. The third-order valence-corrected chi connectivity index (χ3v) is 3.71. The van der Waals surface area contributed by atoms with Gasteiger partial charge in [-0.3, -0.25) is 0 Å². The van der Waals surface area contributed by atoms with E-state index in [1.54, 1.807) is 14.2 Å². The van der Waals surface area contributed by atoms with Crippen molar-refractivity contribution in [1.29, 1.82) is 0 Å². The van der Waals surface area contributed by atoms with Gasteiger partial charge in [0.1, 0.15) is 11.5 Å². The Morgan fingerprint density at radius 2 is 1.11 bits per heavy atom. The molecule has 3 rings (SSSR count). The van der Waals surface area contributed by atoms with E-state index in [1.165, 1.54) is 0 Å². The number of aryl methyl sites for hydroxylation is 1. The van der Waals surface area contributed by atoms with Crippen LogP contribution in [0, 0.1) is 6.92 Å². The van der Waals surface area contributed by atoms with E-state index in [4.69, 9.17) is 13.9 Å². The van der Waals surface area contributed by atoms with Gasteiger partial charge in [-0.25, -0.2) is 4.42 Å². The van der Waals surface area contributed by atoms with Crippen molar-refractivity contribution in [2.75, 3.05) is 14.2 Å². The van der Waals surface area contributed by atoms with Crippen LogP contribution in [0.3, 0.4) is 0 Å². The molecule has 0 spiro atoms. The summed E-state index contributed by atoms with van der Waals surface area (Å²) in [5, 5.41) is 0. The molecular weight excluding hydrogens is 375 g/mol. The van der Waals surface area contributed by atoms with Gasteiger partial charge in [-0.15, -0.1) is 0 Å². The van der Waals surface area contributed by atoms with Crippen molar-refractivity contribution in [3.63, 3.8) is 0 Å². The van der Waals surface area contributed by atoms with Gasteiger partial charge in [0.2, 0.25) is 0 Å². The average molecular weight is 394 g/mol. The SMILES string of the molecule is COc1ccc(-c2cc(C)[o+]c(-c3ccc(OC)cc3)c2)cc1.F[B-](F)(F)F. The van der Waals surface area contributed by atoms with E-state index in [2.05, 4.69) is 6.07 Å². The Labute approximate surface area is 160 Å². The first-order chi connectivity index (χ1) is 13.2. The zero-order valence-corrected chi connectivity index (χ0v) is 15.6. The number of hydrogen-bond acceptors (Lipinski definition) is 2. The molecule has 0 N–H and O–H groups in total. The second-order valence-electron chi connectivity index (χ2n) is 5.77. The van der Waals surface area contributed by atoms with Crippen LogP contribution in [0.4, 0.5) is 17.3 Å². The van der Waals surface area contributed by atoms with Crippen molar-refractivity contribution >= 4 is 7.25 Å². The number of halogens is 4. The lowest BCUT2D eigenvalue weighted by Gasteiger charge is -2.03. The van der Waals surface area contributed by atoms with Crippen LogP contribution in [-0.2, 0) is 0 Å².